The number of nitrogens with zero attached hydrogens (tertiary/aromatic N) is 4. The van der Waals surface area contributed by atoms with Crippen molar-refractivity contribution in [2.24, 2.45) is 5.92 Å². The molecular weight excluding hydrogens is 797 g/mol. The molecule has 1 aliphatic heterocycles. The number of hydrogen-bond donors (Lipinski definition) is 3. The number of phenolic OH excluding ortho intramolecular Hbond substituents is 1. The van der Waals surface area contributed by atoms with Crippen LogP contribution in [-0.2, 0) is 4.79 Å². The van der Waals surface area contributed by atoms with Crippen molar-refractivity contribution in [2.75, 3.05) is 53.3 Å². The zero-order valence-corrected chi connectivity index (χ0v) is 38.2. The zero-order chi connectivity index (χ0) is 45.3. The fourth-order valence-electron chi connectivity index (χ4n) is 7.10. The minimum absolute atomic E-state index is 0.220. The van der Waals surface area contributed by atoms with Gasteiger partial charge < -0.3 is 34.8 Å². The summed E-state index contributed by atoms with van der Waals surface area (Å²) >= 11 is 1.87. The van der Waals surface area contributed by atoms with Gasteiger partial charge in [0.2, 0.25) is 0 Å². The Morgan fingerprint density at radius 3 is 1.90 bits per heavy atom. The maximum absolute atomic E-state index is 10.9. The molecule has 62 heavy (non-hydrogen) atoms. The Morgan fingerprint density at radius 1 is 0.758 bits per heavy atom. The van der Waals surface area contributed by atoms with Crippen LogP contribution >= 0.6 is 11.8 Å². The molecule has 0 saturated heterocycles. The van der Waals surface area contributed by atoms with Crippen molar-refractivity contribution in [1.29, 1.82) is 0 Å². The number of pyridine rings is 1. The van der Waals surface area contributed by atoms with E-state index in [9.17, 15) is 14.7 Å². The van der Waals surface area contributed by atoms with Crippen LogP contribution in [0.2, 0.25) is 0 Å². The smallest absolute Gasteiger partial charge is 0.337 e. The van der Waals surface area contributed by atoms with Gasteiger partial charge in [0, 0.05) is 41.3 Å². The fraction of sp³-hybridized carbons (Fsp3) is 0.314. The minimum Gasteiger partial charge on any atom is -0.508 e. The molecule has 0 radical (unpaired) electrons. The van der Waals surface area contributed by atoms with Crippen molar-refractivity contribution in [1.82, 2.24) is 14.8 Å². The van der Waals surface area contributed by atoms with Crippen molar-refractivity contribution in [3.05, 3.63) is 150 Å². The van der Waals surface area contributed by atoms with Crippen LogP contribution in [0.4, 0.5) is 11.4 Å². The Morgan fingerprint density at radius 2 is 1.39 bits per heavy atom. The minimum atomic E-state index is -0.942. The summed E-state index contributed by atoms with van der Waals surface area (Å²) in [6.45, 7) is 10.5. The monoisotopic (exact) mass is 858 g/mol. The first-order chi connectivity index (χ1) is 29.6. The number of fused-ring (bicyclic) bond motifs is 3. The van der Waals surface area contributed by atoms with E-state index in [1.807, 2.05) is 60.3 Å². The third-order valence-electron chi connectivity index (χ3n) is 10.8. The maximum atomic E-state index is 10.9. The molecule has 0 aliphatic carbocycles. The van der Waals surface area contributed by atoms with Crippen LogP contribution in [0.5, 0.6) is 11.5 Å². The van der Waals surface area contributed by atoms with Crippen LogP contribution < -0.4 is 9.64 Å². The lowest BCUT2D eigenvalue weighted by atomic mass is 9.85. The van der Waals surface area contributed by atoms with Gasteiger partial charge in [-0.25, -0.2) is 4.79 Å². The zero-order valence-electron chi connectivity index (χ0n) is 37.4. The molecule has 0 spiro atoms. The Labute approximate surface area is 371 Å². The lowest BCUT2D eigenvalue weighted by molar-refractivity contribution is -0.138. The van der Waals surface area contributed by atoms with Crippen LogP contribution in [0.15, 0.2) is 144 Å². The van der Waals surface area contributed by atoms with Gasteiger partial charge in [0.15, 0.2) is 0 Å². The van der Waals surface area contributed by atoms with Crippen LogP contribution in [0.1, 0.15) is 67.4 Å². The van der Waals surface area contributed by atoms with Gasteiger partial charge in [0.05, 0.1) is 30.0 Å². The number of hydrogen-bond acceptors (Lipinski definition) is 9. The highest BCUT2D eigenvalue weighted by Crippen LogP contribution is 2.47. The van der Waals surface area contributed by atoms with Gasteiger partial charge in [-0.05, 0) is 143 Å². The molecule has 0 saturated carbocycles. The summed E-state index contributed by atoms with van der Waals surface area (Å²) in [6.07, 6.45) is 3.95. The van der Waals surface area contributed by atoms with E-state index in [2.05, 4.69) is 123 Å². The molecule has 0 bridgehead atoms. The molecule has 3 N–H and O–H groups in total. The number of carboxylic acid groups (broad SMARTS) is 2. The number of methoxy groups -OCH3 is 1. The highest BCUT2D eigenvalue weighted by Gasteiger charge is 2.24. The number of aromatic hydroxyl groups is 1. The SMILES string of the molecule is CC(CN1c2ccccc2Sc2ccccc21)N(C)C.CC[C@@H](c1cccc(O)c1)[C@@H](C)CN(C)C.COc1ccc2cc([C@H](C)C(=O)O)ccc2c1.O=C(O)c1cccnc1. The number of phenols is 1. The topological polar surface area (TPSA) is 127 Å². The highest BCUT2D eigenvalue weighted by molar-refractivity contribution is 7.99. The Hall–Kier alpha value is -5.88. The van der Waals surface area contributed by atoms with Crippen LogP contribution in [0, 0.1) is 5.92 Å². The second-order valence-electron chi connectivity index (χ2n) is 15.9. The predicted octanol–water partition coefficient (Wildman–Crippen LogP) is 11.1. The third kappa shape index (κ3) is 14.1. The molecule has 1 unspecified atom stereocenters. The predicted molar refractivity (Wildman–Crippen MR) is 254 cm³/mol. The first-order valence-corrected chi connectivity index (χ1v) is 21.6. The number of anilines is 2. The number of para-hydroxylation sites is 2. The number of aromatic carboxylic acids is 1. The summed E-state index contributed by atoms with van der Waals surface area (Å²) in [5, 5.41) is 28.9. The molecule has 10 nitrogen and oxygen atoms in total. The highest BCUT2D eigenvalue weighted by atomic mass is 32.2. The molecular formula is C51H62N4O6S. The lowest BCUT2D eigenvalue weighted by Gasteiger charge is -2.36. The van der Waals surface area contributed by atoms with Crippen molar-refractivity contribution in [2.45, 2.75) is 61.8 Å². The van der Waals surface area contributed by atoms with Gasteiger partial charge in [-0.15, -0.1) is 0 Å². The maximum Gasteiger partial charge on any atom is 0.337 e. The van der Waals surface area contributed by atoms with Gasteiger partial charge in [0.1, 0.15) is 11.5 Å². The Bertz CT molecular complexity index is 2290. The summed E-state index contributed by atoms with van der Waals surface area (Å²) in [4.78, 5) is 34.3. The van der Waals surface area contributed by atoms with E-state index in [0.29, 0.717) is 23.6 Å². The number of aromatic nitrogens is 1. The third-order valence-corrected chi connectivity index (χ3v) is 11.9. The number of carboxylic acids is 2. The number of carbonyl (C=O) groups is 2. The molecule has 4 atom stereocenters. The average molecular weight is 859 g/mol. The van der Waals surface area contributed by atoms with Crippen molar-refractivity contribution >= 4 is 45.8 Å². The normalized spacial score (nSPS) is 13.4. The summed E-state index contributed by atoms with van der Waals surface area (Å²) in [6, 6.07) is 40.0. The van der Waals surface area contributed by atoms with E-state index in [0.717, 1.165) is 41.6 Å². The van der Waals surface area contributed by atoms with Crippen molar-refractivity contribution in [3.8, 4) is 11.5 Å². The summed E-state index contributed by atoms with van der Waals surface area (Å²) < 4.78 is 5.14. The molecule has 7 rings (SSSR count). The van der Waals surface area contributed by atoms with E-state index >= 15 is 0 Å². The van der Waals surface area contributed by atoms with Crippen molar-refractivity contribution in [3.63, 3.8) is 0 Å². The van der Waals surface area contributed by atoms with Gasteiger partial charge in [-0.2, -0.15) is 0 Å². The molecule has 2 heterocycles. The molecule has 1 aliphatic rings. The second kappa shape index (κ2) is 23.9. The first kappa shape index (κ1) is 48.8. The van der Waals surface area contributed by atoms with E-state index < -0.39 is 17.9 Å². The number of likely N-dealkylation sites (N-methyl/N-ethyl adjacent to an activating group) is 1. The van der Waals surface area contributed by atoms with Gasteiger partial charge in [-0.3, -0.25) is 9.78 Å². The molecule has 0 fully saturated rings. The summed E-state index contributed by atoms with van der Waals surface area (Å²) in [5.74, 6) is 0.0586. The largest absolute Gasteiger partial charge is 0.508 e. The number of rotatable bonds is 12. The molecule has 11 heteroatoms. The van der Waals surface area contributed by atoms with Gasteiger partial charge in [-0.1, -0.05) is 86.3 Å². The van der Waals surface area contributed by atoms with Crippen molar-refractivity contribution < 1.29 is 29.6 Å². The molecule has 6 aromatic rings. The van der Waals surface area contributed by atoms with Crippen LogP contribution in [0.25, 0.3) is 10.8 Å². The van der Waals surface area contributed by atoms with Crippen LogP contribution in [-0.4, -0.2) is 96.5 Å². The van der Waals surface area contributed by atoms with E-state index in [4.69, 9.17) is 14.9 Å². The van der Waals surface area contributed by atoms with Crippen LogP contribution in [0.3, 0.4) is 0 Å². The second-order valence-corrected chi connectivity index (χ2v) is 17.0. The lowest BCUT2D eigenvalue weighted by Crippen LogP contribution is -2.37. The number of benzene rings is 5. The van der Waals surface area contributed by atoms with Gasteiger partial charge >= 0.3 is 11.9 Å². The number of aliphatic carboxylic acids is 1. The summed E-state index contributed by atoms with van der Waals surface area (Å²) in [7, 11) is 10.1. The Kier molecular flexibility index (Phi) is 18.8. The average Bonchev–Trinajstić information content (AvgIpc) is 3.26. The van der Waals surface area contributed by atoms with E-state index in [1.165, 1.54) is 45.2 Å². The van der Waals surface area contributed by atoms with E-state index in [1.54, 1.807) is 26.2 Å². The quantitative estimate of drug-likeness (QED) is 0.109. The molecule has 0 amide bonds. The molecule has 328 valence electrons. The first-order valence-electron chi connectivity index (χ1n) is 20.8. The van der Waals surface area contributed by atoms with Gasteiger partial charge in [0.25, 0.3) is 0 Å². The number of ether oxygens (including phenoxy) is 1. The standard InChI is InChI=1S/C17H20N2S.C14H23NO.C14H14O3.C6H5NO2/c1-13(18(2)3)12-19-14-8-4-6-10-16(14)20-17-11-7-5-9-15(17)19;1-5-14(11(2)10-15(3)4)12-7-6-8-13(16)9-12;1-9(14(15)16)10-3-4-12-8-13(17-2)6-5-11(12)7-10;8-6(9)5-2-1-3-7-4-5/h4-11,13H,12H2,1-3H3;6-9,11,14,16H,5,10H2,1-4H3;3-9H,1-2H3,(H,15,16);1-4H,(H,8,9)/t;11-,14+;9-;/m.00./s1. The molecule has 1 aromatic heterocycles. The Balaban J connectivity index is 0.000000187. The van der Waals surface area contributed by atoms with E-state index in [-0.39, 0.29) is 5.56 Å². The molecule has 5 aromatic carbocycles. The summed E-state index contributed by atoms with van der Waals surface area (Å²) in [5.41, 5.74) is 4.93. The fourth-order valence-corrected chi connectivity index (χ4v) is 8.20.